The maximum atomic E-state index is 6.10. The van der Waals surface area contributed by atoms with Gasteiger partial charge in [-0.1, -0.05) is 12.1 Å². The van der Waals surface area contributed by atoms with Crippen LogP contribution in [0, 0.1) is 5.92 Å². The van der Waals surface area contributed by atoms with Crippen molar-refractivity contribution in [2.24, 2.45) is 5.92 Å². The molecule has 0 aliphatic heterocycles. The molecule has 0 spiro atoms. The fourth-order valence-electron chi connectivity index (χ4n) is 2.19. The molecular weight excluding hydrogens is 238 g/mol. The number of hydrogen-bond acceptors (Lipinski definition) is 3. The van der Waals surface area contributed by atoms with E-state index in [9.17, 15) is 0 Å². The third-order valence-corrected chi connectivity index (χ3v) is 3.89. The van der Waals surface area contributed by atoms with Gasteiger partial charge in [0.1, 0.15) is 5.75 Å². The van der Waals surface area contributed by atoms with Crippen LogP contribution in [0.4, 0.5) is 0 Å². The lowest BCUT2D eigenvalue weighted by Crippen LogP contribution is -2.25. The fraction of sp³-hybridized carbons (Fsp3) is 0.625. The van der Waals surface area contributed by atoms with Crippen molar-refractivity contribution >= 4 is 0 Å². The summed E-state index contributed by atoms with van der Waals surface area (Å²) in [6, 6.07) is 8.99. The van der Waals surface area contributed by atoms with Crippen molar-refractivity contribution in [1.29, 1.82) is 0 Å². The Hall–Kier alpha value is -1.06. The highest BCUT2D eigenvalue weighted by Gasteiger charge is 2.26. The topological polar surface area (TPSA) is 30.5 Å². The molecule has 0 heterocycles. The first kappa shape index (κ1) is 12.9. The Morgan fingerprint density at radius 2 is 1.89 bits per heavy atom. The van der Waals surface area contributed by atoms with E-state index in [1.54, 1.807) is 7.11 Å². The molecule has 3 nitrogen and oxygen atoms in total. The summed E-state index contributed by atoms with van der Waals surface area (Å²) in [5, 5.41) is 3.57. The third-order valence-electron chi connectivity index (χ3n) is 3.89. The summed E-state index contributed by atoms with van der Waals surface area (Å²) in [5.41, 5.74) is 1.25. The zero-order valence-corrected chi connectivity index (χ0v) is 11.6. The van der Waals surface area contributed by atoms with Gasteiger partial charge in [-0.25, -0.2) is 0 Å². The number of benzene rings is 1. The monoisotopic (exact) mass is 261 g/mol. The summed E-state index contributed by atoms with van der Waals surface area (Å²) in [7, 11) is 1.70. The Balaban J connectivity index is 1.59. The van der Waals surface area contributed by atoms with Crippen LogP contribution < -0.4 is 10.1 Å². The van der Waals surface area contributed by atoms with E-state index in [4.69, 9.17) is 9.47 Å². The van der Waals surface area contributed by atoms with E-state index in [0.717, 1.165) is 30.9 Å². The maximum Gasteiger partial charge on any atom is 0.118 e. The average molecular weight is 261 g/mol. The molecule has 0 bridgehead atoms. The molecule has 0 saturated heterocycles. The van der Waals surface area contributed by atoms with Gasteiger partial charge in [0.15, 0.2) is 0 Å². The summed E-state index contributed by atoms with van der Waals surface area (Å²) >= 11 is 0. The van der Waals surface area contributed by atoms with Crippen LogP contribution in [0.2, 0.25) is 0 Å². The zero-order chi connectivity index (χ0) is 13.1. The van der Waals surface area contributed by atoms with Gasteiger partial charge < -0.3 is 14.8 Å². The summed E-state index contributed by atoms with van der Waals surface area (Å²) in [6.07, 6.45) is 5.49. The maximum absolute atomic E-state index is 6.10. The standard InChI is InChI=1S/C16H23NO2/c1-18-15-8-4-13(5-9-15)16(10-17-14-6-7-14)19-11-12-2-3-12/h4-5,8-9,12,14,16-17H,2-3,6-7,10-11H2,1H3. The van der Waals surface area contributed by atoms with Gasteiger partial charge >= 0.3 is 0 Å². The van der Waals surface area contributed by atoms with Crippen LogP contribution in [0.5, 0.6) is 5.75 Å². The minimum Gasteiger partial charge on any atom is -0.497 e. The fourth-order valence-corrected chi connectivity index (χ4v) is 2.19. The molecule has 3 heteroatoms. The van der Waals surface area contributed by atoms with Gasteiger partial charge in [0.2, 0.25) is 0 Å². The molecule has 1 aromatic carbocycles. The van der Waals surface area contributed by atoms with E-state index in [-0.39, 0.29) is 6.10 Å². The molecule has 1 unspecified atom stereocenters. The molecule has 2 aliphatic rings. The summed E-state index contributed by atoms with van der Waals surface area (Å²) in [6.45, 7) is 1.83. The molecule has 3 rings (SSSR count). The van der Waals surface area contributed by atoms with Crippen LogP contribution in [0.3, 0.4) is 0 Å². The van der Waals surface area contributed by atoms with Crippen LogP contribution in [-0.4, -0.2) is 26.3 Å². The summed E-state index contributed by atoms with van der Waals surface area (Å²) < 4.78 is 11.3. The molecule has 2 fully saturated rings. The van der Waals surface area contributed by atoms with Gasteiger partial charge in [0.05, 0.1) is 19.8 Å². The first-order chi connectivity index (χ1) is 9.35. The van der Waals surface area contributed by atoms with Crippen molar-refractivity contribution in [2.45, 2.75) is 37.8 Å². The summed E-state index contributed by atoms with van der Waals surface area (Å²) in [4.78, 5) is 0. The minimum atomic E-state index is 0.173. The highest BCUT2D eigenvalue weighted by Crippen LogP contribution is 2.31. The van der Waals surface area contributed by atoms with Crippen molar-refractivity contribution in [3.8, 4) is 5.75 Å². The molecule has 1 N–H and O–H groups in total. The number of nitrogens with one attached hydrogen (secondary N) is 1. The van der Waals surface area contributed by atoms with Crippen molar-refractivity contribution in [3.63, 3.8) is 0 Å². The number of hydrogen-bond donors (Lipinski definition) is 1. The Morgan fingerprint density at radius 3 is 2.47 bits per heavy atom. The van der Waals surface area contributed by atoms with Crippen molar-refractivity contribution < 1.29 is 9.47 Å². The quantitative estimate of drug-likeness (QED) is 0.780. The lowest BCUT2D eigenvalue weighted by atomic mass is 10.1. The van der Waals surface area contributed by atoms with Crippen LogP contribution in [-0.2, 0) is 4.74 Å². The molecular formula is C16H23NO2. The van der Waals surface area contributed by atoms with Crippen LogP contribution in [0.25, 0.3) is 0 Å². The zero-order valence-electron chi connectivity index (χ0n) is 11.6. The van der Waals surface area contributed by atoms with Crippen molar-refractivity contribution in [3.05, 3.63) is 29.8 Å². The molecule has 19 heavy (non-hydrogen) atoms. The molecule has 0 radical (unpaired) electrons. The van der Waals surface area contributed by atoms with Crippen LogP contribution >= 0.6 is 0 Å². The Labute approximate surface area is 115 Å². The second kappa shape index (κ2) is 5.93. The van der Waals surface area contributed by atoms with Gasteiger partial charge in [-0.3, -0.25) is 0 Å². The molecule has 0 aromatic heterocycles. The van der Waals surface area contributed by atoms with Gasteiger partial charge in [-0.05, 0) is 49.3 Å². The predicted molar refractivity (Wildman–Crippen MR) is 75.4 cm³/mol. The third kappa shape index (κ3) is 3.95. The summed E-state index contributed by atoms with van der Waals surface area (Å²) in [5.74, 6) is 1.71. The van der Waals surface area contributed by atoms with Crippen LogP contribution in [0.1, 0.15) is 37.4 Å². The van der Waals surface area contributed by atoms with Crippen molar-refractivity contribution in [2.75, 3.05) is 20.3 Å². The Bertz CT molecular complexity index is 380. The van der Waals surface area contributed by atoms with Gasteiger partial charge in [0.25, 0.3) is 0 Å². The van der Waals surface area contributed by atoms with E-state index >= 15 is 0 Å². The van der Waals surface area contributed by atoms with E-state index in [1.165, 1.54) is 31.2 Å². The molecule has 104 valence electrons. The average Bonchev–Trinajstić information content (AvgIpc) is 3.33. The molecule has 1 aromatic rings. The lowest BCUT2D eigenvalue weighted by molar-refractivity contribution is 0.0449. The Morgan fingerprint density at radius 1 is 1.16 bits per heavy atom. The SMILES string of the molecule is COc1ccc(C(CNC2CC2)OCC2CC2)cc1. The first-order valence-corrected chi connectivity index (χ1v) is 7.34. The normalized spacial score (nSPS) is 20.3. The minimum absolute atomic E-state index is 0.173. The molecule has 2 saturated carbocycles. The number of methoxy groups -OCH3 is 1. The molecule has 1 atom stereocenters. The Kier molecular flexibility index (Phi) is 4.04. The van der Waals surface area contributed by atoms with E-state index in [0.29, 0.717) is 0 Å². The smallest absolute Gasteiger partial charge is 0.118 e. The lowest BCUT2D eigenvalue weighted by Gasteiger charge is -2.19. The van der Waals surface area contributed by atoms with Gasteiger partial charge in [-0.2, -0.15) is 0 Å². The van der Waals surface area contributed by atoms with E-state index in [2.05, 4.69) is 17.4 Å². The second-order valence-corrected chi connectivity index (χ2v) is 5.72. The predicted octanol–water partition coefficient (Wildman–Crippen LogP) is 2.91. The second-order valence-electron chi connectivity index (χ2n) is 5.72. The largest absolute Gasteiger partial charge is 0.497 e. The van der Waals surface area contributed by atoms with Gasteiger partial charge in [0, 0.05) is 12.6 Å². The highest BCUT2D eigenvalue weighted by molar-refractivity contribution is 5.28. The highest BCUT2D eigenvalue weighted by atomic mass is 16.5. The number of ether oxygens (including phenoxy) is 2. The first-order valence-electron chi connectivity index (χ1n) is 7.34. The van der Waals surface area contributed by atoms with Crippen LogP contribution in [0.15, 0.2) is 24.3 Å². The number of rotatable bonds is 8. The van der Waals surface area contributed by atoms with E-state index < -0.39 is 0 Å². The van der Waals surface area contributed by atoms with Crippen molar-refractivity contribution in [1.82, 2.24) is 5.32 Å². The molecule has 0 amide bonds. The van der Waals surface area contributed by atoms with E-state index in [1.807, 2.05) is 12.1 Å². The van der Waals surface area contributed by atoms with Gasteiger partial charge in [-0.15, -0.1) is 0 Å². The molecule has 2 aliphatic carbocycles.